The van der Waals surface area contributed by atoms with Crippen LogP contribution in [-0.4, -0.2) is 13.1 Å². The largest absolute Gasteiger partial charge is 0.256 e. The van der Waals surface area contributed by atoms with Crippen molar-refractivity contribution in [2.45, 2.75) is 26.7 Å². The van der Waals surface area contributed by atoms with Gasteiger partial charge in [0.05, 0.1) is 5.69 Å². The van der Waals surface area contributed by atoms with Gasteiger partial charge in [-0.3, -0.25) is 4.98 Å². The van der Waals surface area contributed by atoms with E-state index in [1.807, 2.05) is 12.3 Å². The summed E-state index contributed by atoms with van der Waals surface area (Å²) in [6.45, 7) is 4.33. The van der Waals surface area contributed by atoms with Crippen molar-refractivity contribution in [3.63, 3.8) is 0 Å². The summed E-state index contributed by atoms with van der Waals surface area (Å²) in [5, 5.41) is 8.75. The molecule has 1 heterocycles. The van der Waals surface area contributed by atoms with E-state index in [9.17, 15) is 0 Å². The van der Waals surface area contributed by atoms with Gasteiger partial charge in [-0.25, -0.2) is 0 Å². The number of hydrogen-bond donors (Lipinski definition) is 0. The Morgan fingerprint density at radius 1 is 0.628 bits per heavy atom. The van der Waals surface area contributed by atoms with Crippen LogP contribution < -0.4 is 10.4 Å². The maximum Gasteiger partial charge on any atom is 0.229 e. The van der Waals surface area contributed by atoms with E-state index in [4.69, 9.17) is 4.98 Å². The molecule has 43 heavy (non-hydrogen) atoms. The highest BCUT2D eigenvalue weighted by Crippen LogP contribution is 2.39. The van der Waals surface area contributed by atoms with E-state index in [-0.39, 0.29) is 0 Å². The number of nitrogens with zero attached hydrogens (tertiary/aromatic N) is 1. The van der Waals surface area contributed by atoms with Gasteiger partial charge in [0.15, 0.2) is 0 Å². The molecule has 0 saturated heterocycles. The van der Waals surface area contributed by atoms with Crippen LogP contribution in [0.2, 0.25) is 0 Å². The van der Waals surface area contributed by atoms with E-state index in [0.29, 0.717) is 0 Å². The third kappa shape index (κ3) is 4.83. The normalized spacial score (nSPS) is 13.0. The molecule has 0 unspecified atom stereocenters. The van der Waals surface area contributed by atoms with Crippen LogP contribution in [0.15, 0.2) is 145 Å². The highest BCUT2D eigenvalue weighted by atomic mass is 28.3. The van der Waals surface area contributed by atoms with Crippen molar-refractivity contribution >= 4 is 40.0 Å². The summed E-state index contributed by atoms with van der Waals surface area (Å²) in [4.78, 5) is 4.82. The van der Waals surface area contributed by atoms with Gasteiger partial charge < -0.3 is 0 Å². The molecule has 7 rings (SSSR count). The monoisotopic (exact) mass is 567 g/mol. The fraction of sp³-hybridized carbons (Fsp3) is 0.0976. The molecule has 1 nitrogen and oxygen atoms in total. The highest BCUT2D eigenvalue weighted by molar-refractivity contribution is 7.13. The predicted octanol–water partition coefficient (Wildman–Crippen LogP) is 8.64. The second kappa shape index (κ2) is 11.4. The number of aromatic nitrogens is 1. The van der Waals surface area contributed by atoms with Crippen molar-refractivity contribution in [2.75, 3.05) is 0 Å². The molecule has 0 fully saturated rings. The Balaban J connectivity index is 1.61. The zero-order chi connectivity index (χ0) is 29.2. The smallest absolute Gasteiger partial charge is 0.229 e. The van der Waals surface area contributed by atoms with Crippen LogP contribution in [0.1, 0.15) is 29.5 Å². The Labute approximate surface area is 255 Å². The molecule has 0 radical (unpaired) electrons. The lowest BCUT2D eigenvalue weighted by molar-refractivity contribution is 1.03. The molecule has 0 amide bonds. The molecule has 0 atom stereocenters. The Bertz CT molecular complexity index is 1980. The van der Waals surface area contributed by atoms with Crippen molar-refractivity contribution in [3.05, 3.63) is 162 Å². The molecule has 0 saturated carbocycles. The first kappa shape index (κ1) is 26.9. The number of hydrogen-bond acceptors (Lipinski definition) is 1. The lowest BCUT2D eigenvalue weighted by Gasteiger charge is -2.30. The first-order chi connectivity index (χ1) is 21.1. The molecule has 1 aliphatic carbocycles. The minimum absolute atomic E-state index is 0.989. The van der Waals surface area contributed by atoms with Crippen molar-refractivity contribution in [1.29, 1.82) is 0 Å². The van der Waals surface area contributed by atoms with Crippen LogP contribution >= 0.6 is 0 Å². The zero-order valence-corrected chi connectivity index (χ0v) is 25.6. The Morgan fingerprint density at radius 2 is 1.23 bits per heavy atom. The van der Waals surface area contributed by atoms with Crippen LogP contribution in [0.4, 0.5) is 0 Å². The van der Waals surface area contributed by atoms with Gasteiger partial charge in [-0.2, -0.15) is 0 Å². The summed E-state index contributed by atoms with van der Waals surface area (Å²) in [5.41, 5.74) is 9.79. The van der Waals surface area contributed by atoms with Gasteiger partial charge in [-0.15, -0.1) is 5.54 Å². The second-order valence-electron chi connectivity index (χ2n) is 11.4. The number of fused-ring (bicyclic) bond motifs is 2. The van der Waals surface area contributed by atoms with Gasteiger partial charge in [0.2, 0.25) is 8.07 Å². The van der Waals surface area contributed by atoms with Crippen molar-refractivity contribution in [2.24, 2.45) is 0 Å². The van der Waals surface area contributed by atoms with Gasteiger partial charge in [0.25, 0.3) is 0 Å². The van der Waals surface area contributed by atoms with Crippen molar-refractivity contribution < 1.29 is 0 Å². The fourth-order valence-corrected chi connectivity index (χ4v) is 10.5. The molecule has 2 heteroatoms. The minimum atomic E-state index is -2.70. The number of allylic oxidation sites excluding steroid dienone is 4. The number of rotatable bonds is 4. The fourth-order valence-electron chi connectivity index (χ4n) is 6.52. The van der Waals surface area contributed by atoms with E-state index in [1.54, 1.807) is 0 Å². The zero-order valence-electron chi connectivity index (χ0n) is 24.6. The van der Waals surface area contributed by atoms with Crippen LogP contribution in [0.3, 0.4) is 0 Å². The van der Waals surface area contributed by atoms with Gasteiger partial charge in [-0.05, 0) is 75.9 Å². The van der Waals surface area contributed by atoms with E-state index >= 15 is 0 Å². The topological polar surface area (TPSA) is 12.9 Å². The molecule has 0 bridgehead atoms. The summed E-state index contributed by atoms with van der Waals surface area (Å²) in [5.74, 6) is 3.90. The van der Waals surface area contributed by atoms with Crippen molar-refractivity contribution in [1.82, 2.24) is 4.98 Å². The van der Waals surface area contributed by atoms with Crippen LogP contribution in [0.25, 0.3) is 32.8 Å². The van der Waals surface area contributed by atoms with Crippen LogP contribution in [0, 0.1) is 25.3 Å². The highest BCUT2D eigenvalue weighted by Gasteiger charge is 2.39. The Hall–Kier alpha value is -4.97. The second-order valence-corrected chi connectivity index (χ2v) is 14.9. The molecular formula is C41H33NSi. The molecule has 0 aliphatic heterocycles. The first-order valence-corrected chi connectivity index (χ1v) is 17.0. The van der Waals surface area contributed by atoms with Gasteiger partial charge >= 0.3 is 0 Å². The van der Waals surface area contributed by atoms with Crippen LogP contribution in [0.5, 0.6) is 0 Å². The SMILES string of the molecule is Cc1ccc2c(C#C[Si](C3=CCCC=C3)(c3ccccc3)c3ccccc3)c3ccc(C)cc3c(-c3ccccn3)c2c1. The van der Waals surface area contributed by atoms with Gasteiger partial charge in [0, 0.05) is 17.3 Å². The number of benzene rings is 5. The molecule has 1 aromatic heterocycles. The van der Waals surface area contributed by atoms with E-state index in [2.05, 4.69) is 153 Å². The summed E-state index contributed by atoms with van der Waals surface area (Å²) in [6.07, 6.45) is 11.1. The van der Waals surface area contributed by atoms with Crippen molar-refractivity contribution in [3.8, 4) is 22.7 Å². The molecular weight excluding hydrogens is 535 g/mol. The summed E-state index contributed by atoms with van der Waals surface area (Å²) in [6, 6.07) is 41.7. The molecule has 5 aromatic carbocycles. The summed E-state index contributed by atoms with van der Waals surface area (Å²) >= 11 is 0. The summed E-state index contributed by atoms with van der Waals surface area (Å²) < 4.78 is 0. The average molecular weight is 568 g/mol. The Morgan fingerprint density at radius 3 is 1.77 bits per heavy atom. The maximum absolute atomic E-state index is 4.82. The standard InChI is InChI=1S/C41H33NSi/c1-30-21-23-35-37(36-24-22-31(2)29-39(36)41(38(35)28-30)40-20-12-13-26-42-40)25-27-43(32-14-6-3-7-15-32,33-16-8-4-9-17-33)34-18-10-5-11-19-34/h3-4,6-10,12-24,26,28-29H,5,11H2,1-2H3. The lowest BCUT2D eigenvalue weighted by Crippen LogP contribution is -2.59. The van der Waals surface area contributed by atoms with E-state index in [1.165, 1.54) is 53.8 Å². The van der Waals surface area contributed by atoms with E-state index < -0.39 is 8.07 Å². The third-order valence-electron chi connectivity index (χ3n) is 8.57. The van der Waals surface area contributed by atoms with Gasteiger partial charge in [-0.1, -0.05) is 138 Å². The average Bonchev–Trinajstić information content (AvgIpc) is 3.06. The molecule has 206 valence electrons. The maximum atomic E-state index is 4.82. The third-order valence-corrected chi connectivity index (χ3v) is 12.7. The number of aryl methyl sites for hydroxylation is 2. The molecule has 0 N–H and O–H groups in total. The molecule has 1 aliphatic rings. The Kier molecular flexibility index (Phi) is 7.11. The lowest BCUT2D eigenvalue weighted by atomic mass is 9.89. The number of pyridine rings is 1. The van der Waals surface area contributed by atoms with E-state index in [0.717, 1.165) is 24.1 Å². The van der Waals surface area contributed by atoms with Gasteiger partial charge in [0.1, 0.15) is 0 Å². The minimum Gasteiger partial charge on any atom is -0.256 e. The molecule has 6 aromatic rings. The summed E-state index contributed by atoms with van der Waals surface area (Å²) in [7, 11) is -2.70. The van der Waals surface area contributed by atoms with Crippen LogP contribution in [-0.2, 0) is 0 Å². The molecule has 0 spiro atoms. The first-order valence-electron chi connectivity index (χ1n) is 15.0. The predicted molar refractivity (Wildman–Crippen MR) is 185 cm³/mol. The quantitative estimate of drug-likeness (QED) is 0.118.